The molecule has 14 heavy (non-hydrogen) atoms. The van der Waals surface area contributed by atoms with Crippen LogP contribution in [-0.2, 0) is 0 Å². The van der Waals surface area contributed by atoms with E-state index < -0.39 is 12.1 Å². The minimum Gasteiger partial charge on any atom is -0.475 e. The van der Waals surface area contributed by atoms with Gasteiger partial charge in [0, 0.05) is 6.54 Å². The van der Waals surface area contributed by atoms with Crippen molar-refractivity contribution in [3.8, 4) is 0 Å². The number of hydrogen-bond acceptors (Lipinski definition) is 6. The van der Waals surface area contributed by atoms with E-state index >= 15 is 0 Å². The molecule has 0 aliphatic carbocycles. The molecule has 0 unspecified atom stereocenters. The molecule has 1 aliphatic rings. The Hall–Kier alpha value is -1.47. The van der Waals surface area contributed by atoms with Crippen LogP contribution in [0, 0.1) is 0 Å². The Morgan fingerprint density at radius 1 is 1.64 bits per heavy atom. The molecule has 0 saturated carbocycles. The van der Waals surface area contributed by atoms with Crippen LogP contribution in [-0.4, -0.2) is 39.0 Å². The molecule has 0 spiro atoms. The topological polar surface area (TPSA) is 108 Å². The van der Waals surface area contributed by atoms with Crippen LogP contribution in [0.2, 0.25) is 0 Å². The van der Waals surface area contributed by atoms with Crippen molar-refractivity contribution in [2.45, 2.75) is 18.6 Å². The Bertz CT molecular complexity index is 350. The number of aliphatic hydroxyl groups is 1. The van der Waals surface area contributed by atoms with Gasteiger partial charge >= 0.3 is 5.97 Å². The second-order valence-corrected chi connectivity index (χ2v) is 3.11. The zero-order chi connectivity index (χ0) is 10.1. The van der Waals surface area contributed by atoms with Gasteiger partial charge in [-0.2, -0.15) is 4.98 Å². The average molecular weight is 199 g/mol. The number of β-amino-alcohol motifs (C(OH)–C–C–N with tert-alkyl or cyclic N) is 1. The molecule has 1 aromatic heterocycles. The van der Waals surface area contributed by atoms with E-state index in [1.807, 2.05) is 0 Å². The molecule has 2 atom stereocenters. The lowest BCUT2D eigenvalue weighted by Gasteiger charge is -2.01. The van der Waals surface area contributed by atoms with Crippen molar-refractivity contribution in [1.82, 2.24) is 15.5 Å². The lowest BCUT2D eigenvalue weighted by molar-refractivity contribution is 0.0680. The molecule has 3 N–H and O–H groups in total. The summed E-state index contributed by atoms with van der Waals surface area (Å²) in [5.74, 6) is -1.37. The summed E-state index contributed by atoms with van der Waals surface area (Å²) in [6, 6.07) is -0.245. The molecule has 0 radical (unpaired) electrons. The van der Waals surface area contributed by atoms with Gasteiger partial charge in [0.15, 0.2) is 0 Å². The predicted octanol–water partition coefficient (Wildman–Crippen LogP) is -0.837. The summed E-state index contributed by atoms with van der Waals surface area (Å²) in [7, 11) is 0. The zero-order valence-corrected chi connectivity index (χ0v) is 7.17. The second-order valence-electron chi connectivity index (χ2n) is 3.11. The predicted molar refractivity (Wildman–Crippen MR) is 42.6 cm³/mol. The fourth-order valence-corrected chi connectivity index (χ4v) is 1.37. The molecule has 0 bridgehead atoms. The third kappa shape index (κ3) is 1.59. The van der Waals surface area contributed by atoms with E-state index in [2.05, 4.69) is 15.5 Å². The first-order valence-corrected chi connectivity index (χ1v) is 4.15. The van der Waals surface area contributed by atoms with Crippen LogP contribution in [0.4, 0.5) is 0 Å². The Morgan fingerprint density at radius 2 is 2.43 bits per heavy atom. The van der Waals surface area contributed by atoms with E-state index in [1.165, 1.54) is 0 Å². The minimum absolute atomic E-state index is 0.207. The van der Waals surface area contributed by atoms with Gasteiger partial charge in [0.05, 0.1) is 12.1 Å². The molecular weight excluding hydrogens is 190 g/mol. The number of aromatic nitrogens is 2. The highest BCUT2D eigenvalue weighted by Crippen LogP contribution is 2.21. The summed E-state index contributed by atoms with van der Waals surface area (Å²) < 4.78 is 4.74. The van der Waals surface area contributed by atoms with Crippen molar-refractivity contribution in [2.24, 2.45) is 0 Å². The molecule has 1 saturated heterocycles. The van der Waals surface area contributed by atoms with E-state index in [9.17, 15) is 9.90 Å². The fraction of sp³-hybridized carbons (Fsp3) is 0.571. The highest BCUT2D eigenvalue weighted by molar-refractivity contribution is 5.82. The Labute approximate surface area is 78.7 Å². The molecule has 1 aromatic rings. The number of rotatable bonds is 2. The number of nitrogens with one attached hydrogen (secondary N) is 1. The maximum atomic E-state index is 10.4. The van der Waals surface area contributed by atoms with Crippen molar-refractivity contribution in [2.75, 3.05) is 6.54 Å². The molecule has 7 heteroatoms. The number of carboxylic acids is 1. The maximum absolute atomic E-state index is 10.4. The minimum atomic E-state index is -1.22. The molecule has 1 aliphatic heterocycles. The highest BCUT2D eigenvalue weighted by atomic mass is 16.5. The molecule has 2 rings (SSSR count). The maximum Gasteiger partial charge on any atom is 0.377 e. The zero-order valence-electron chi connectivity index (χ0n) is 7.17. The van der Waals surface area contributed by atoms with Crippen LogP contribution < -0.4 is 5.32 Å². The van der Waals surface area contributed by atoms with Gasteiger partial charge in [-0.1, -0.05) is 0 Å². The summed E-state index contributed by atoms with van der Waals surface area (Å²) >= 11 is 0. The van der Waals surface area contributed by atoms with Gasteiger partial charge in [0.25, 0.3) is 5.82 Å². The van der Waals surface area contributed by atoms with Gasteiger partial charge in [-0.15, -0.1) is 0 Å². The van der Waals surface area contributed by atoms with E-state index in [4.69, 9.17) is 9.63 Å². The van der Waals surface area contributed by atoms with Crippen LogP contribution >= 0.6 is 0 Å². The van der Waals surface area contributed by atoms with E-state index in [0.29, 0.717) is 13.0 Å². The lowest BCUT2D eigenvalue weighted by Crippen LogP contribution is -2.15. The lowest BCUT2D eigenvalue weighted by atomic mass is 10.2. The monoisotopic (exact) mass is 199 g/mol. The number of carbonyl (C=O) groups is 1. The van der Waals surface area contributed by atoms with Gasteiger partial charge in [-0.05, 0) is 11.6 Å². The number of aliphatic hydroxyl groups excluding tert-OH is 1. The average Bonchev–Trinajstić information content (AvgIpc) is 2.70. The Kier molecular flexibility index (Phi) is 2.18. The van der Waals surface area contributed by atoms with Crippen LogP contribution in [0.25, 0.3) is 0 Å². The first-order chi connectivity index (χ1) is 6.66. The largest absolute Gasteiger partial charge is 0.475 e. The molecular formula is C7H9N3O4. The number of nitrogens with zero attached hydrogens (tertiary/aromatic N) is 2. The van der Waals surface area contributed by atoms with Crippen LogP contribution in [0.15, 0.2) is 4.52 Å². The third-order valence-electron chi connectivity index (χ3n) is 2.04. The van der Waals surface area contributed by atoms with Crippen LogP contribution in [0.3, 0.4) is 0 Å². The van der Waals surface area contributed by atoms with Crippen molar-refractivity contribution < 1.29 is 19.5 Å². The third-order valence-corrected chi connectivity index (χ3v) is 2.04. The van der Waals surface area contributed by atoms with Gasteiger partial charge in [-0.25, -0.2) is 4.79 Å². The van der Waals surface area contributed by atoms with E-state index in [-0.39, 0.29) is 17.8 Å². The highest BCUT2D eigenvalue weighted by Gasteiger charge is 2.28. The smallest absolute Gasteiger partial charge is 0.377 e. The van der Waals surface area contributed by atoms with Crippen LogP contribution in [0.5, 0.6) is 0 Å². The molecule has 0 aromatic carbocycles. The Morgan fingerprint density at radius 3 is 2.93 bits per heavy atom. The van der Waals surface area contributed by atoms with Gasteiger partial charge < -0.3 is 20.1 Å². The fourth-order valence-electron chi connectivity index (χ4n) is 1.37. The van der Waals surface area contributed by atoms with Crippen molar-refractivity contribution in [3.05, 3.63) is 11.7 Å². The first kappa shape index (κ1) is 9.10. The second kappa shape index (κ2) is 3.35. The molecule has 76 valence electrons. The van der Waals surface area contributed by atoms with Crippen LogP contribution in [0.1, 0.15) is 29.0 Å². The molecule has 0 amide bonds. The quantitative estimate of drug-likeness (QED) is 0.570. The summed E-state index contributed by atoms with van der Waals surface area (Å²) in [6.07, 6.45) is 0.0153. The van der Waals surface area contributed by atoms with Crippen molar-refractivity contribution >= 4 is 5.97 Å². The standard InChI is InChI=1S/C7H9N3O4/c11-3-1-4(8-2-3)6-9-5(7(12)13)10-14-6/h3-4,8,11H,1-2H2,(H,12,13)/t3-,4+/m1/s1. The van der Waals surface area contributed by atoms with Gasteiger partial charge in [-0.3, -0.25) is 0 Å². The Balaban J connectivity index is 2.13. The molecule has 2 heterocycles. The van der Waals surface area contributed by atoms with Crippen molar-refractivity contribution in [3.63, 3.8) is 0 Å². The summed E-state index contributed by atoms with van der Waals surface area (Å²) in [5, 5.41) is 24.0. The van der Waals surface area contributed by atoms with Gasteiger partial charge in [0.2, 0.25) is 5.89 Å². The van der Waals surface area contributed by atoms with Gasteiger partial charge in [0.1, 0.15) is 0 Å². The molecule has 7 nitrogen and oxygen atoms in total. The first-order valence-electron chi connectivity index (χ1n) is 4.15. The normalized spacial score (nSPS) is 26.6. The summed E-state index contributed by atoms with van der Waals surface area (Å²) in [6.45, 7) is 0.454. The summed E-state index contributed by atoms with van der Waals surface area (Å²) in [4.78, 5) is 14.1. The number of carboxylic acid groups (broad SMARTS) is 1. The summed E-state index contributed by atoms with van der Waals surface area (Å²) in [5.41, 5.74) is 0. The molecule has 1 fully saturated rings. The van der Waals surface area contributed by atoms with Crippen molar-refractivity contribution in [1.29, 1.82) is 0 Å². The van der Waals surface area contributed by atoms with E-state index in [0.717, 1.165) is 0 Å². The number of aromatic carboxylic acids is 1. The SMILES string of the molecule is O=C(O)c1noc([C@@H]2C[C@@H](O)CN2)n1. The van der Waals surface area contributed by atoms with E-state index in [1.54, 1.807) is 0 Å². The number of hydrogen-bond donors (Lipinski definition) is 3.